The molecule has 140 valence electrons. The van der Waals surface area contributed by atoms with E-state index in [0.717, 1.165) is 10.6 Å². The molecule has 1 aliphatic rings. The standard InChI is InChI=1S/C18H22N2O4S2/c1-12(2)14-5-7-15(8-6-14)20-11-16(24-18(20)21)10-19-26(22,23)17-9-4-13(3)25-17/h4-9,12,16,19H,10-11H2,1-3H3. The van der Waals surface area contributed by atoms with Gasteiger partial charge in [-0.3, -0.25) is 4.90 Å². The fourth-order valence-electron chi connectivity index (χ4n) is 2.71. The van der Waals surface area contributed by atoms with Gasteiger partial charge in [0.05, 0.1) is 6.54 Å². The second kappa shape index (κ2) is 7.38. The highest BCUT2D eigenvalue weighted by molar-refractivity contribution is 7.91. The molecule has 0 radical (unpaired) electrons. The second-order valence-electron chi connectivity index (χ2n) is 6.58. The minimum absolute atomic E-state index is 0.0472. The first kappa shape index (κ1) is 18.9. The fraction of sp³-hybridized carbons (Fsp3) is 0.389. The van der Waals surface area contributed by atoms with Crippen molar-refractivity contribution < 1.29 is 17.9 Å². The Kier molecular flexibility index (Phi) is 5.36. The van der Waals surface area contributed by atoms with E-state index in [0.29, 0.717) is 12.5 Å². The molecule has 2 aromatic rings. The van der Waals surface area contributed by atoms with E-state index in [1.165, 1.54) is 21.8 Å². The summed E-state index contributed by atoms with van der Waals surface area (Å²) < 4.78 is 32.7. The van der Waals surface area contributed by atoms with Crippen LogP contribution in [-0.4, -0.2) is 33.7 Å². The molecule has 8 heteroatoms. The number of anilines is 1. The predicted octanol–water partition coefficient (Wildman–Crippen LogP) is 3.48. The maximum atomic E-state index is 12.3. The number of carbonyl (C=O) groups excluding carboxylic acids is 1. The molecule has 26 heavy (non-hydrogen) atoms. The van der Waals surface area contributed by atoms with Gasteiger partial charge in [0.2, 0.25) is 10.0 Å². The Morgan fingerprint density at radius 3 is 2.50 bits per heavy atom. The molecular formula is C18H22N2O4S2. The summed E-state index contributed by atoms with van der Waals surface area (Å²) >= 11 is 1.21. The minimum Gasteiger partial charge on any atom is -0.443 e. The summed E-state index contributed by atoms with van der Waals surface area (Å²) in [4.78, 5) is 14.6. The average molecular weight is 395 g/mol. The SMILES string of the molecule is Cc1ccc(S(=O)(=O)NCC2CN(c3ccc(C(C)C)cc3)C(=O)O2)s1. The maximum Gasteiger partial charge on any atom is 0.414 e. The van der Waals surface area contributed by atoms with E-state index in [2.05, 4.69) is 18.6 Å². The molecule has 0 saturated carbocycles. The normalized spacial score (nSPS) is 17.8. The van der Waals surface area contributed by atoms with E-state index in [-0.39, 0.29) is 10.8 Å². The van der Waals surface area contributed by atoms with Gasteiger partial charge in [-0.25, -0.2) is 17.9 Å². The second-order valence-corrected chi connectivity index (χ2v) is 9.86. The molecule has 1 N–H and O–H groups in total. The molecule has 3 rings (SSSR count). The molecule has 1 atom stereocenters. The molecule has 0 spiro atoms. The summed E-state index contributed by atoms with van der Waals surface area (Å²) in [6.45, 7) is 6.43. The third kappa shape index (κ3) is 4.08. The van der Waals surface area contributed by atoms with Crippen molar-refractivity contribution in [1.82, 2.24) is 4.72 Å². The number of aryl methyl sites for hydroxylation is 1. The summed E-state index contributed by atoms with van der Waals surface area (Å²) in [5.41, 5.74) is 1.94. The van der Waals surface area contributed by atoms with Gasteiger partial charge in [-0.1, -0.05) is 26.0 Å². The van der Waals surface area contributed by atoms with E-state index >= 15 is 0 Å². The molecule has 2 heterocycles. The Bertz CT molecular complexity index is 888. The van der Waals surface area contributed by atoms with Crippen LogP contribution in [0.3, 0.4) is 0 Å². The molecule has 0 bridgehead atoms. The number of cyclic esters (lactones) is 1. The lowest BCUT2D eigenvalue weighted by molar-refractivity contribution is 0.143. The lowest BCUT2D eigenvalue weighted by Gasteiger charge is -2.14. The van der Waals surface area contributed by atoms with Gasteiger partial charge in [0.1, 0.15) is 10.3 Å². The number of sulfonamides is 1. The van der Waals surface area contributed by atoms with Crippen LogP contribution in [0.1, 0.15) is 30.2 Å². The fourth-order valence-corrected chi connectivity index (χ4v) is 5.10. The topological polar surface area (TPSA) is 75.7 Å². The zero-order valence-electron chi connectivity index (χ0n) is 14.9. The summed E-state index contributed by atoms with van der Waals surface area (Å²) in [5.74, 6) is 0.414. The third-order valence-electron chi connectivity index (χ3n) is 4.23. The first-order valence-corrected chi connectivity index (χ1v) is 10.7. The van der Waals surface area contributed by atoms with Crippen LogP contribution in [0.15, 0.2) is 40.6 Å². The highest BCUT2D eigenvalue weighted by Crippen LogP contribution is 2.25. The first-order chi connectivity index (χ1) is 12.3. The number of nitrogens with one attached hydrogen (secondary N) is 1. The molecule has 0 aliphatic carbocycles. The van der Waals surface area contributed by atoms with Crippen LogP contribution in [0.4, 0.5) is 10.5 Å². The van der Waals surface area contributed by atoms with Crippen molar-refractivity contribution in [3.63, 3.8) is 0 Å². The lowest BCUT2D eigenvalue weighted by atomic mass is 10.0. The van der Waals surface area contributed by atoms with Gasteiger partial charge in [-0.05, 0) is 42.7 Å². The van der Waals surface area contributed by atoms with Crippen molar-refractivity contribution in [3.8, 4) is 0 Å². The third-order valence-corrected chi connectivity index (χ3v) is 7.14. The number of hydrogen-bond donors (Lipinski definition) is 1. The highest BCUT2D eigenvalue weighted by Gasteiger charge is 2.33. The number of ether oxygens (including phenoxy) is 1. The van der Waals surface area contributed by atoms with Gasteiger partial charge in [0.25, 0.3) is 0 Å². The van der Waals surface area contributed by atoms with Crippen molar-refractivity contribution in [2.45, 2.75) is 37.0 Å². The van der Waals surface area contributed by atoms with Gasteiger partial charge >= 0.3 is 6.09 Å². The number of hydrogen-bond acceptors (Lipinski definition) is 5. The number of amides is 1. The molecule has 1 amide bonds. The van der Waals surface area contributed by atoms with Crippen molar-refractivity contribution in [1.29, 1.82) is 0 Å². The molecule has 1 saturated heterocycles. The summed E-state index contributed by atoms with van der Waals surface area (Å²) in [6.07, 6.45) is -0.985. The number of rotatable bonds is 6. The van der Waals surface area contributed by atoms with Crippen molar-refractivity contribution in [2.75, 3.05) is 18.0 Å². The largest absolute Gasteiger partial charge is 0.443 e. The molecule has 1 aromatic heterocycles. The van der Waals surface area contributed by atoms with Crippen molar-refractivity contribution in [2.24, 2.45) is 0 Å². The van der Waals surface area contributed by atoms with Crippen LogP contribution >= 0.6 is 11.3 Å². The van der Waals surface area contributed by atoms with Gasteiger partial charge in [-0.2, -0.15) is 0 Å². The van der Waals surface area contributed by atoms with Crippen LogP contribution in [-0.2, 0) is 14.8 Å². The van der Waals surface area contributed by atoms with E-state index in [1.807, 2.05) is 31.2 Å². The summed E-state index contributed by atoms with van der Waals surface area (Å²) in [7, 11) is -3.58. The Morgan fingerprint density at radius 2 is 1.92 bits per heavy atom. The molecule has 1 aromatic carbocycles. The van der Waals surface area contributed by atoms with Gasteiger partial charge in [-0.15, -0.1) is 11.3 Å². The molecule has 6 nitrogen and oxygen atoms in total. The Balaban J connectivity index is 1.63. The molecular weight excluding hydrogens is 372 g/mol. The predicted molar refractivity (Wildman–Crippen MR) is 102 cm³/mol. The Labute approximate surface area is 157 Å². The smallest absolute Gasteiger partial charge is 0.414 e. The monoisotopic (exact) mass is 394 g/mol. The zero-order chi connectivity index (χ0) is 18.9. The molecule has 1 fully saturated rings. The maximum absolute atomic E-state index is 12.3. The van der Waals surface area contributed by atoms with E-state index < -0.39 is 22.2 Å². The van der Waals surface area contributed by atoms with Crippen LogP contribution in [0.2, 0.25) is 0 Å². The molecule has 1 unspecified atom stereocenters. The van der Waals surface area contributed by atoms with Crippen molar-refractivity contribution >= 4 is 33.1 Å². The van der Waals surface area contributed by atoms with Gasteiger partial charge in [0, 0.05) is 17.1 Å². The van der Waals surface area contributed by atoms with Gasteiger partial charge < -0.3 is 4.74 Å². The number of thiophene rings is 1. The van der Waals surface area contributed by atoms with Crippen LogP contribution < -0.4 is 9.62 Å². The Morgan fingerprint density at radius 1 is 1.23 bits per heavy atom. The first-order valence-electron chi connectivity index (χ1n) is 8.40. The minimum atomic E-state index is -3.58. The number of benzene rings is 1. The van der Waals surface area contributed by atoms with Crippen LogP contribution in [0, 0.1) is 6.92 Å². The summed E-state index contributed by atoms with van der Waals surface area (Å²) in [6, 6.07) is 11.1. The average Bonchev–Trinajstić information content (AvgIpc) is 3.19. The lowest BCUT2D eigenvalue weighted by Crippen LogP contribution is -2.34. The Hall–Kier alpha value is -1.90. The van der Waals surface area contributed by atoms with E-state index in [4.69, 9.17) is 4.74 Å². The van der Waals surface area contributed by atoms with E-state index in [1.54, 1.807) is 12.1 Å². The number of carbonyl (C=O) groups is 1. The zero-order valence-corrected chi connectivity index (χ0v) is 16.6. The quantitative estimate of drug-likeness (QED) is 0.814. The van der Waals surface area contributed by atoms with E-state index in [9.17, 15) is 13.2 Å². The van der Waals surface area contributed by atoms with Gasteiger partial charge in [0.15, 0.2) is 0 Å². The van der Waals surface area contributed by atoms with Crippen molar-refractivity contribution in [3.05, 3.63) is 46.8 Å². The van der Waals surface area contributed by atoms with Crippen LogP contribution in [0.25, 0.3) is 0 Å². The summed E-state index contributed by atoms with van der Waals surface area (Å²) in [5, 5.41) is 0. The van der Waals surface area contributed by atoms with Crippen LogP contribution in [0.5, 0.6) is 0 Å². The highest BCUT2D eigenvalue weighted by atomic mass is 32.2. The number of nitrogens with zero attached hydrogens (tertiary/aromatic N) is 1. The molecule has 1 aliphatic heterocycles.